The molecule has 3 rings (SSSR count). The van der Waals surface area contributed by atoms with Crippen LogP contribution in [0.25, 0.3) is 0 Å². The molecule has 25 heavy (non-hydrogen) atoms. The lowest BCUT2D eigenvalue weighted by molar-refractivity contribution is -0.120. The Morgan fingerprint density at radius 1 is 1.28 bits per heavy atom. The van der Waals surface area contributed by atoms with E-state index in [9.17, 15) is 4.79 Å². The Bertz CT molecular complexity index is 723. The quantitative estimate of drug-likeness (QED) is 0.837. The number of piperidine rings is 1. The van der Waals surface area contributed by atoms with Crippen LogP contribution in [0, 0.1) is 12.8 Å². The molecule has 2 N–H and O–H groups in total. The zero-order valence-corrected chi connectivity index (χ0v) is 14.5. The number of ether oxygens (including phenoxy) is 2. The molecule has 1 aliphatic heterocycles. The van der Waals surface area contributed by atoms with E-state index < -0.39 is 0 Å². The van der Waals surface area contributed by atoms with Crippen molar-refractivity contribution in [2.45, 2.75) is 26.4 Å². The molecule has 0 spiro atoms. The lowest BCUT2D eigenvalue weighted by Crippen LogP contribution is -2.34. The second-order valence-electron chi connectivity index (χ2n) is 6.13. The first-order chi connectivity index (χ1) is 12.1. The van der Waals surface area contributed by atoms with E-state index in [1.165, 1.54) is 0 Å². The summed E-state index contributed by atoms with van der Waals surface area (Å²) in [7, 11) is 1.58. The third-order valence-corrected chi connectivity index (χ3v) is 4.16. The van der Waals surface area contributed by atoms with Crippen LogP contribution in [0.2, 0.25) is 0 Å². The first-order valence-electron chi connectivity index (χ1n) is 8.39. The molecular weight excluding hydrogens is 322 g/mol. The summed E-state index contributed by atoms with van der Waals surface area (Å²) in [5.41, 5.74) is 1.37. The predicted octanol–water partition coefficient (Wildman–Crippen LogP) is 2.51. The Morgan fingerprint density at radius 2 is 2.04 bits per heavy atom. The lowest BCUT2D eigenvalue weighted by Gasteiger charge is -2.22. The van der Waals surface area contributed by atoms with Crippen LogP contribution in [0.5, 0.6) is 11.5 Å². The highest BCUT2D eigenvalue weighted by molar-refractivity contribution is 5.93. The molecule has 7 nitrogen and oxygen atoms in total. The van der Waals surface area contributed by atoms with Crippen molar-refractivity contribution in [1.29, 1.82) is 0 Å². The molecule has 1 saturated heterocycles. The van der Waals surface area contributed by atoms with Gasteiger partial charge in [0, 0.05) is 35.9 Å². The Kier molecular flexibility index (Phi) is 5.55. The van der Waals surface area contributed by atoms with Gasteiger partial charge < -0.3 is 24.6 Å². The molecule has 0 unspecified atom stereocenters. The highest BCUT2D eigenvalue weighted by Crippen LogP contribution is 2.27. The number of aryl methyl sites for hydroxylation is 1. The van der Waals surface area contributed by atoms with E-state index in [-0.39, 0.29) is 18.4 Å². The summed E-state index contributed by atoms with van der Waals surface area (Å²) in [6.45, 7) is 3.87. The minimum atomic E-state index is 0.0350. The van der Waals surface area contributed by atoms with E-state index in [1.54, 1.807) is 25.3 Å². The third kappa shape index (κ3) is 4.73. The van der Waals surface area contributed by atoms with Gasteiger partial charge >= 0.3 is 0 Å². The van der Waals surface area contributed by atoms with Gasteiger partial charge in [-0.3, -0.25) is 4.79 Å². The number of carbonyl (C=O) groups excluding carboxylic acids is 1. The number of rotatable bonds is 6. The summed E-state index contributed by atoms with van der Waals surface area (Å²) in [5.74, 6) is 2.02. The predicted molar refractivity (Wildman–Crippen MR) is 92.8 cm³/mol. The maximum Gasteiger partial charge on any atom is 0.227 e. The van der Waals surface area contributed by atoms with Gasteiger partial charge in [-0.15, -0.1) is 0 Å². The number of carbonyl (C=O) groups is 1. The fourth-order valence-corrected chi connectivity index (χ4v) is 2.82. The molecule has 1 aliphatic rings. The monoisotopic (exact) mass is 345 g/mol. The Labute approximate surface area is 146 Å². The molecule has 0 radical (unpaired) electrons. The number of anilines is 1. The number of nitrogens with zero attached hydrogens (tertiary/aromatic N) is 1. The van der Waals surface area contributed by atoms with Crippen LogP contribution in [0.4, 0.5) is 5.69 Å². The van der Waals surface area contributed by atoms with E-state index >= 15 is 0 Å². The second kappa shape index (κ2) is 8.02. The summed E-state index contributed by atoms with van der Waals surface area (Å²) >= 11 is 0. The van der Waals surface area contributed by atoms with Gasteiger partial charge in [-0.2, -0.15) is 0 Å². The second-order valence-corrected chi connectivity index (χ2v) is 6.13. The van der Waals surface area contributed by atoms with Gasteiger partial charge in [0.25, 0.3) is 0 Å². The largest absolute Gasteiger partial charge is 0.497 e. The van der Waals surface area contributed by atoms with Gasteiger partial charge in [0.05, 0.1) is 7.11 Å². The molecule has 1 fully saturated rings. The highest BCUT2D eigenvalue weighted by Gasteiger charge is 2.21. The number of hydrogen-bond donors (Lipinski definition) is 2. The Hall–Kier alpha value is -2.54. The molecule has 2 aromatic rings. The fourth-order valence-electron chi connectivity index (χ4n) is 2.82. The van der Waals surface area contributed by atoms with Gasteiger partial charge in [-0.1, -0.05) is 5.16 Å². The third-order valence-electron chi connectivity index (χ3n) is 4.16. The molecule has 1 amide bonds. The van der Waals surface area contributed by atoms with Crippen molar-refractivity contribution in [3.05, 3.63) is 35.7 Å². The number of benzene rings is 1. The summed E-state index contributed by atoms with van der Waals surface area (Å²) in [4.78, 5) is 12.4. The topological polar surface area (TPSA) is 85.6 Å². The van der Waals surface area contributed by atoms with E-state index in [4.69, 9.17) is 14.0 Å². The van der Waals surface area contributed by atoms with Crippen LogP contribution < -0.4 is 20.1 Å². The molecule has 7 heteroatoms. The zero-order chi connectivity index (χ0) is 17.6. The van der Waals surface area contributed by atoms with Crippen LogP contribution >= 0.6 is 0 Å². The molecule has 0 bridgehead atoms. The van der Waals surface area contributed by atoms with Gasteiger partial charge in [0.1, 0.15) is 29.6 Å². The van der Waals surface area contributed by atoms with Crippen LogP contribution in [0.3, 0.4) is 0 Å². The first-order valence-corrected chi connectivity index (χ1v) is 8.39. The molecule has 1 aromatic carbocycles. The van der Waals surface area contributed by atoms with Gasteiger partial charge in [-0.05, 0) is 32.9 Å². The van der Waals surface area contributed by atoms with Gasteiger partial charge in [0.2, 0.25) is 5.91 Å². The molecule has 2 heterocycles. The summed E-state index contributed by atoms with van der Waals surface area (Å²) < 4.78 is 16.1. The molecule has 134 valence electrons. The van der Waals surface area contributed by atoms with E-state index in [0.717, 1.165) is 31.7 Å². The van der Waals surface area contributed by atoms with Crippen molar-refractivity contribution >= 4 is 11.6 Å². The molecule has 0 saturated carbocycles. The van der Waals surface area contributed by atoms with Crippen LogP contribution in [-0.2, 0) is 11.4 Å². The average Bonchev–Trinajstić information content (AvgIpc) is 3.06. The van der Waals surface area contributed by atoms with Crippen molar-refractivity contribution in [3.63, 3.8) is 0 Å². The van der Waals surface area contributed by atoms with Crippen molar-refractivity contribution in [2.24, 2.45) is 5.92 Å². The minimum absolute atomic E-state index is 0.0350. The van der Waals surface area contributed by atoms with Crippen LogP contribution in [0.15, 0.2) is 28.8 Å². The maximum atomic E-state index is 12.4. The van der Waals surface area contributed by atoms with Crippen LogP contribution in [0.1, 0.15) is 24.3 Å². The summed E-state index contributed by atoms with van der Waals surface area (Å²) in [6.07, 6.45) is 1.70. The normalized spacial score (nSPS) is 15.0. The Balaban J connectivity index is 1.67. The Morgan fingerprint density at radius 3 is 2.72 bits per heavy atom. The van der Waals surface area contributed by atoms with E-state index in [2.05, 4.69) is 15.8 Å². The fraction of sp³-hybridized carbons (Fsp3) is 0.444. The van der Waals surface area contributed by atoms with Crippen molar-refractivity contribution < 1.29 is 18.8 Å². The molecule has 1 aromatic heterocycles. The number of hydrogen-bond acceptors (Lipinski definition) is 6. The van der Waals surface area contributed by atoms with Crippen molar-refractivity contribution in [2.75, 3.05) is 25.5 Å². The molecular formula is C18H23N3O4. The van der Waals surface area contributed by atoms with E-state index in [0.29, 0.717) is 22.9 Å². The SMILES string of the molecule is COc1cc(NC(=O)C2CCNCC2)cc(OCc2cc(C)on2)c1. The van der Waals surface area contributed by atoms with Crippen molar-refractivity contribution in [1.82, 2.24) is 10.5 Å². The number of nitrogens with one attached hydrogen (secondary N) is 2. The standard InChI is InChI=1S/C18H23N3O4/c1-12-7-15(21-25-12)11-24-17-9-14(8-16(10-17)23-2)20-18(22)13-3-5-19-6-4-13/h7-10,13,19H,3-6,11H2,1-2H3,(H,20,22). The maximum absolute atomic E-state index is 12.4. The highest BCUT2D eigenvalue weighted by atomic mass is 16.5. The van der Waals surface area contributed by atoms with Crippen molar-refractivity contribution in [3.8, 4) is 11.5 Å². The zero-order valence-electron chi connectivity index (χ0n) is 14.5. The summed E-state index contributed by atoms with van der Waals surface area (Å²) in [6, 6.07) is 7.16. The average molecular weight is 345 g/mol. The number of aromatic nitrogens is 1. The van der Waals surface area contributed by atoms with E-state index in [1.807, 2.05) is 13.0 Å². The van der Waals surface area contributed by atoms with Crippen LogP contribution in [-0.4, -0.2) is 31.3 Å². The minimum Gasteiger partial charge on any atom is -0.497 e. The summed E-state index contributed by atoms with van der Waals surface area (Å²) in [5, 5.41) is 10.1. The smallest absolute Gasteiger partial charge is 0.227 e. The lowest BCUT2D eigenvalue weighted by atomic mass is 9.97. The molecule has 0 atom stereocenters. The number of amides is 1. The molecule has 0 aliphatic carbocycles. The van der Waals surface area contributed by atoms with Gasteiger partial charge in [-0.25, -0.2) is 0 Å². The number of methoxy groups -OCH3 is 1. The first kappa shape index (κ1) is 17.3. The van der Waals surface area contributed by atoms with Gasteiger partial charge in [0.15, 0.2) is 0 Å².